The minimum absolute atomic E-state index is 0.286. The fourth-order valence-corrected chi connectivity index (χ4v) is 1.68. The minimum Gasteiger partial charge on any atom is -0.380 e. The number of likely N-dealkylation sites (tertiary alicyclic amines) is 1. The molecule has 3 nitrogen and oxygen atoms in total. The van der Waals surface area contributed by atoms with Gasteiger partial charge in [-0.1, -0.05) is 0 Å². The number of rotatable bonds is 3. The molecule has 0 aromatic heterocycles. The lowest BCUT2D eigenvalue weighted by atomic mass is 9.98. The van der Waals surface area contributed by atoms with Crippen LogP contribution in [0.4, 0.5) is 0 Å². The van der Waals surface area contributed by atoms with Crippen LogP contribution >= 0.6 is 0 Å². The summed E-state index contributed by atoms with van der Waals surface area (Å²) < 4.78 is 5.20. The summed E-state index contributed by atoms with van der Waals surface area (Å²) in [6, 6.07) is 2.33. The van der Waals surface area contributed by atoms with Gasteiger partial charge in [-0.15, -0.1) is 0 Å². The summed E-state index contributed by atoms with van der Waals surface area (Å²) in [6.07, 6.45) is 2.35. The standard InChI is InChI=1S/C10H18N2O/c1-9(13-2)8-12-5-3-10(7-11)4-6-12/h9-10H,3-6,8H2,1-2H3. The summed E-state index contributed by atoms with van der Waals surface area (Å²) in [5, 5.41) is 8.71. The molecule has 0 aromatic carbocycles. The van der Waals surface area contributed by atoms with Crippen LogP contribution in [0.5, 0.6) is 0 Å². The van der Waals surface area contributed by atoms with Crippen LogP contribution in [0.1, 0.15) is 19.8 Å². The van der Waals surface area contributed by atoms with Crippen LogP contribution in [0.3, 0.4) is 0 Å². The topological polar surface area (TPSA) is 36.3 Å². The highest BCUT2D eigenvalue weighted by Crippen LogP contribution is 2.16. The monoisotopic (exact) mass is 182 g/mol. The van der Waals surface area contributed by atoms with E-state index in [1.807, 2.05) is 0 Å². The van der Waals surface area contributed by atoms with Gasteiger partial charge in [0.05, 0.1) is 12.2 Å². The van der Waals surface area contributed by atoms with E-state index >= 15 is 0 Å². The van der Waals surface area contributed by atoms with Crippen LogP contribution in [0.25, 0.3) is 0 Å². The molecule has 1 heterocycles. The van der Waals surface area contributed by atoms with Gasteiger partial charge < -0.3 is 9.64 Å². The molecule has 0 spiro atoms. The second-order valence-electron chi connectivity index (χ2n) is 3.75. The zero-order chi connectivity index (χ0) is 9.68. The Kier molecular flexibility index (Phi) is 4.20. The fourth-order valence-electron chi connectivity index (χ4n) is 1.68. The first-order valence-electron chi connectivity index (χ1n) is 4.91. The maximum absolute atomic E-state index is 8.71. The molecule has 1 aliphatic heterocycles. The van der Waals surface area contributed by atoms with Gasteiger partial charge in [-0.25, -0.2) is 0 Å². The Balaban J connectivity index is 2.22. The molecular weight excluding hydrogens is 164 g/mol. The quantitative estimate of drug-likeness (QED) is 0.659. The van der Waals surface area contributed by atoms with Crippen molar-refractivity contribution in [1.82, 2.24) is 4.90 Å². The summed E-state index contributed by atoms with van der Waals surface area (Å²) in [4.78, 5) is 2.38. The maximum Gasteiger partial charge on any atom is 0.0670 e. The zero-order valence-electron chi connectivity index (χ0n) is 8.49. The normalized spacial score (nSPS) is 22.5. The van der Waals surface area contributed by atoms with Gasteiger partial charge in [0.2, 0.25) is 0 Å². The molecule has 0 aliphatic carbocycles. The summed E-state index contributed by atoms with van der Waals surface area (Å²) in [5.74, 6) is 0.286. The summed E-state index contributed by atoms with van der Waals surface area (Å²) >= 11 is 0. The number of nitrogens with zero attached hydrogens (tertiary/aromatic N) is 2. The van der Waals surface area contributed by atoms with E-state index in [1.54, 1.807) is 7.11 Å². The Morgan fingerprint density at radius 3 is 2.62 bits per heavy atom. The molecule has 0 aromatic rings. The van der Waals surface area contributed by atoms with Crippen molar-refractivity contribution in [2.24, 2.45) is 5.92 Å². The number of hydrogen-bond acceptors (Lipinski definition) is 3. The van der Waals surface area contributed by atoms with E-state index < -0.39 is 0 Å². The molecule has 1 saturated heterocycles. The van der Waals surface area contributed by atoms with Crippen LogP contribution in [0.15, 0.2) is 0 Å². The number of hydrogen-bond donors (Lipinski definition) is 0. The fraction of sp³-hybridized carbons (Fsp3) is 0.900. The average molecular weight is 182 g/mol. The Bertz CT molecular complexity index is 180. The van der Waals surface area contributed by atoms with Crippen molar-refractivity contribution in [1.29, 1.82) is 5.26 Å². The SMILES string of the molecule is COC(C)CN1CCC(C#N)CC1. The molecule has 0 amide bonds. The average Bonchev–Trinajstić information content (AvgIpc) is 2.19. The molecule has 1 fully saturated rings. The van der Waals surface area contributed by atoms with Gasteiger partial charge in [0.15, 0.2) is 0 Å². The van der Waals surface area contributed by atoms with Crippen molar-refractivity contribution in [3.05, 3.63) is 0 Å². The van der Waals surface area contributed by atoms with Crippen molar-refractivity contribution >= 4 is 0 Å². The molecule has 1 unspecified atom stereocenters. The van der Waals surface area contributed by atoms with E-state index in [-0.39, 0.29) is 5.92 Å². The smallest absolute Gasteiger partial charge is 0.0670 e. The van der Waals surface area contributed by atoms with E-state index in [0.717, 1.165) is 32.5 Å². The van der Waals surface area contributed by atoms with Gasteiger partial charge in [-0.2, -0.15) is 5.26 Å². The van der Waals surface area contributed by atoms with Gasteiger partial charge in [-0.05, 0) is 32.9 Å². The molecule has 3 heteroatoms. The van der Waals surface area contributed by atoms with Gasteiger partial charge in [0.25, 0.3) is 0 Å². The molecule has 74 valence electrons. The van der Waals surface area contributed by atoms with Crippen LogP contribution in [-0.2, 0) is 4.74 Å². The molecule has 0 bridgehead atoms. The Labute approximate surface area is 80.3 Å². The Morgan fingerprint density at radius 2 is 2.15 bits per heavy atom. The Morgan fingerprint density at radius 1 is 1.54 bits per heavy atom. The lowest BCUT2D eigenvalue weighted by Crippen LogP contribution is -2.38. The van der Waals surface area contributed by atoms with E-state index in [9.17, 15) is 0 Å². The molecule has 1 atom stereocenters. The van der Waals surface area contributed by atoms with Crippen molar-refractivity contribution in [2.45, 2.75) is 25.9 Å². The van der Waals surface area contributed by atoms with Gasteiger partial charge in [0.1, 0.15) is 0 Å². The summed E-state index contributed by atoms with van der Waals surface area (Å²) in [6.45, 7) is 5.17. The van der Waals surface area contributed by atoms with Crippen LogP contribution in [0, 0.1) is 17.2 Å². The number of nitriles is 1. The van der Waals surface area contributed by atoms with Gasteiger partial charge in [0, 0.05) is 19.6 Å². The molecule has 0 N–H and O–H groups in total. The third-order valence-corrected chi connectivity index (χ3v) is 2.69. The molecular formula is C10H18N2O. The second-order valence-corrected chi connectivity index (χ2v) is 3.75. The minimum atomic E-state index is 0.286. The molecule has 1 rings (SSSR count). The highest BCUT2D eigenvalue weighted by Gasteiger charge is 2.19. The predicted molar refractivity (Wildman–Crippen MR) is 51.2 cm³/mol. The molecule has 0 saturated carbocycles. The summed E-state index contributed by atoms with van der Waals surface area (Å²) in [7, 11) is 1.74. The van der Waals surface area contributed by atoms with Gasteiger partial charge in [-0.3, -0.25) is 0 Å². The zero-order valence-corrected chi connectivity index (χ0v) is 8.49. The lowest BCUT2D eigenvalue weighted by molar-refractivity contribution is 0.0662. The Hall–Kier alpha value is -0.590. The maximum atomic E-state index is 8.71. The lowest BCUT2D eigenvalue weighted by Gasteiger charge is -2.30. The summed E-state index contributed by atoms with van der Waals surface area (Å²) in [5.41, 5.74) is 0. The van der Waals surface area contributed by atoms with Gasteiger partial charge >= 0.3 is 0 Å². The first-order valence-corrected chi connectivity index (χ1v) is 4.91. The van der Waals surface area contributed by atoms with Crippen LogP contribution < -0.4 is 0 Å². The van der Waals surface area contributed by atoms with Crippen molar-refractivity contribution in [3.8, 4) is 6.07 Å². The van der Waals surface area contributed by atoms with E-state index in [2.05, 4.69) is 17.9 Å². The molecule has 1 aliphatic rings. The van der Waals surface area contributed by atoms with Crippen LogP contribution in [-0.4, -0.2) is 37.7 Å². The third kappa shape index (κ3) is 3.33. The number of piperidine rings is 1. The van der Waals surface area contributed by atoms with Crippen molar-refractivity contribution in [2.75, 3.05) is 26.7 Å². The third-order valence-electron chi connectivity index (χ3n) is 2.69. The largest absolute Gasteiger partial charge is 0.380 e. The van der Waals surface area contributed by atoms with Crippen LogP contribution in [0.2, 0.25) is 0 Å². The second kappa shape index (κ2) is 5.21. The van der Waals surface area contributed by atoms with E-state index in [1.165, 1.54) is 0 Å². The highest BCUT2D eigenvalue weighted by atomic mass is 16.5. The number of methoxy groups -OCH3 is 1. The highest BCUT2D eigenvalue weighted by molar-refractivity contribution is 4.87. The molecule has 0 radical (unpaired) electrons. The predicted octanol–water partition coefficient (Wildman–Crippen LogP) is 1.26. The van der Waals surface area contributed by atoms with Crippen molar-refractivity contribution in [3.63, 3.8) is 0 Å². The number of ether oxygens (including phenoxy) is 1. The van der Waals surface area contributed by atoms with E-state index in [4.69, 9.17) is 10.00 Å². The van der Waals surface area contributed by atoms with E-state index in [0.29, 0.717) is 6.10 Å². The molecule has 13 heavy (non-hydrogen) atoms. The first kappa shape index (κ1) is 10.5. The van der Waals surface area contributed by atoms with Crippen molar-refractivity contribution < 1.29 is 4.74 Å². The first-order chi connectivity index (χ1) is 6.26.